The summed E-state index contributed by atoms with van der Waals surface area (Å²) in [5.74, 6) is 0.997. The third-order valence-electron chi connectivity index (χ3n) is 4.56. The van der Waals surface area contributed by atoms with Crippen molar-refractivity contribution in [2.24, 2.45) is 11.1 Å². The highest BCUT2D eigenvalue weighted by Gasteiger charge is 2.45. The highest BCUT2D eigenvalue weighted by Crippen LogP contribution is 2.41. The van der Waals surface area contributed by atoms with Crippen molar-refractivity contribution in [2.75, 3.05) is 37.6 Å². The average molecular weight is 275 g/mol. The normalized spacial score (nSPS) is 21.4. The molecule has 6 heteroatoms. The Bertz CT molecular complexity index is 460. The second kappa shape index (κ2) is 5.36. The zero-order valence-electron chi connectivity index (χ0n) is 11.7. The summed E-state index contributed by atoms with van der Waals surface area (Å²) in [4.78, 5) is 25.2. The molecule has 0 aromatic carbocycles. The lowest BCUT2D eigenvalue weighted by atomic mass is 9.67. The van der Waals surface area contributed by atoms with Crippen LogP contribution in [0.1, 0.15) is 19.3 Å². The highest BCUT2D eigenvalue weighted by molar-refractivity contribution is 5.84. The molecule has 6 nitrogen and oxygen atoms in total. The molecule has 1 aromatic rings. The molecule has 108 valence electrons. The van der Waals surface area contributed by atoms with Crippen LogP contribution < -0.4 is 10.6 Å². The van der Waals surface area contributed by atoms with Crippen molar-refractivity contribution in [1.82, 2.24) is 14.9 Å². The van der Waals surface area contributed by atoms with Crippen molar-refractivity contribution in [3.63, 3.8) is 0 Å². The maximum Gasteiger partial charge on any atom is 0.230 e. The zero-order chi connectivity index (χ0) is 14.0. The maximum absolute atomic E-state index is 12.6. The van der Waals surface area contributed by atoms with Crippen molar-refractivity contribution >= 4 is 11.9 Å². The number of carbonyl (C=O) groups is 1. The lowest BCUT2D eigenvalue weighted by molar-refractivity contribution is -0.147. The van der Waals surface area contributed by atoms with Gasteiger partial charge in [0, 0.05) is 45.1 Å². The fourth-order valence-electron chi connectivity index (χ4n) is 3.01. The Morgan fingerprint density at radius 1 is 1.20 bits per heavy atom. The van der Waals surface area contributed by atoms with Crippen LogP contribution in [0, 0.1) is 5.41 Å². The van der Waals surface area contributed by atoms with E-state index in [0.29, 0.717) is 6.54 Å². The fraction of sp³-hybridized carbons (Fsp3) is 0.643. The van der Waals surface area contributed by atoms with Gasteiger partial charge >= 0.3 is 0 Å². The van der Waals surface area contributed by atoms with E-state index in [1.54, 1.807) is 12.4 Å². The van der Waals surface area contributed by atoms with Crippen LogP contribution >= 0.6 is 0 Å². The SMILES string of the molecule is NCC1(C(=O)N2CCN(c3ncccn3)CC2)CCC1. The molecule has 2 fully saturated rings. The monoisotopic (exact) mass is 275 g/mol. The minimum atomic E-state index is -0.259. The van der Waals surface area contributed by atoms with Gasteiger partial charge in [0.2, 0.25) is 11.9 Å². The van der Waals surface area contributed by atoms with Gasteiger partial charge in [0.05, 0.1) is 5.41 Å². The van der Waals surface area contributed by atoms with Crippen LogP contribution in [-0.2, 0) is 4.79 Å². The molecule has 1 amide bonds. The average Bonchev–Trinajstić information content (AvgIpc) is 2.48. The van der Waals surface area contributed by atoms with Gasteiger partial charge in [-0.15, -0.1) is 0 Å². The van der Waals surface area contributed by atoms with E-state index in [0.717, 1.165) is 51.4 Å². The smallest absolute Gasteiger partial charge is 0.230 e. The van der Waals surface area contributed by atoms with E-state index in [1.807, 2.05) is 11.0 Å². The van der Waals surface area contributed by atoms with Gasteiger partial charge in [-0.25, -0.2) is 9.97 Å². The molecule has 0 unspecified atom stereocenters. The molecule has 2 aliphatic rings. The van der Waals surface area contributed by atoms with E-state index in [4.69, 9.17) is 5.73 Å². The van der Waals surface area contributed by atoms with Crippen molar-refractivity contribution in [1.29, 1.82) is 0 Å². The summed E-state index contributed by atoms with van der Waals surface area (Å²) < 4.78 is 0. The standard InChI is InChI=1S/C14H21N5O/c15-11-14(3-1-4-14)12(20)18-7-9-19(10-8-18)13-16-5-2-6-17-13/h2,5-6H,1,3-4,7-11,15H2. The van der Waals surface area contributed by atoms with Crippen molar-refractivity contribution in [3.05, 3.63) is 18.5 Å². The topological polar surface area (TPSA) is 75.4 Å². The van der Waals surface area contributed by atoms with Crippen LogP contribution in [0.25, 0.3) is 0 Å². The molecule has 3 rings (SSSR count). The number of piperazine rings is 1. The summed E-state index contributed by atoms with van der Waals surface area (Å²) in [6.07, 6.45) is 6.52. The van der Waals surface area contributed by atoms with Crippen LogP contribution in [0.2, 0.25) is 0 Å². The molecule has 2 heterocycles. The maximum atomic E-state index is 12.6. The first kappa shape index (κ1) is 13.3. The third-order valence-corrected chi connectivity index (χ3v) is 4.56. The molecule has 1 aliphatic carbocycles. The second-order valence-electron chi connectivity index (χ2n) is 5.67. The first-order chi connectivity index (χ1) is 9.75. The van der Waals surface area contributed by atoms with Gasteiger partial charge in [-0.1, -0.05) is 6.42 Å². The number of amides is 1. The molecule has 1 aromatic heterocycles. The number of anilines is 1. The third kappa shape index (κ3) is 2.24. The Morgan fingerprint density at radius 2 is 1.85 bits per heavy atom. The van der Waals surface area contributed by atoms with Gasteiger partial charge in [0.25, 0.3) is 0 Å². The van der Waals surface area contributed by atoms with E-state index < -0.39 is 0 Å². The lowest BCUT2D eigenvalue weighted by Gasteiger charge is -2.45. The van der Waals surface area contributed by atoms with Crippen LogP contribution in [0.15, 0.2) is 18.5 Å². The Hall–Kier alpha value is -1.69. The largest absolute Gasteiger partial charge is 0.339 e. The van der Waals surface area contributed by atoms with Crippen LogP contribution in [0.4, 0.5) is 5.95 Å². The van der Waals surface area contributed by atoms with Gasteiger partial charge in [0.15, 0.2) is 0 Å². The molecule has 20 heavy (non-hydrogen) atoms. The number of hydrogen-bond donors (Lipinski definition) is 1. The Kier molecular flexibility index (Phi) is 3.56. The van der Waals surface area contributed by atoms with Crippen molar-refractivity contribution in [2.45, 2.75) is 19.3 Å². The van der Waals surface area contributed by atoms with Gasteiger partial charge in [0.1, 0.15) is 0 Å². The number of rotatable bonds is 3. The number of nitrogens with two attached hydrogens (primary N) is 1. The van der Waals surface area contributed by atoms with E-state index in [1.165, 1.54) is 0 Å². The molecule has 1 aliphatic heterocycles. The zero-order valence-corrected chi connectivity index (χ0v) is 11.7. The molecule has 0 atom stereocenters. The minimum Gasteiger partial charge on any atom is -0.339 e. The van der Waals surface area contributed by atoms with Crippen LogP contribution in [-0.4, -0.2) is 53.5 Å². The second-order valence-corrected chi connectivity index (χ2v) is 5.67. The summed E-state index contributed by atoms with van der Waals surface area (Å²) in [6.45, 7) is 3.53. The van der Waals surface area contributed by atoms with Crippen LogP contribution in [0.5, 0.6) is 0 Å². The molecular formula is C14H21N5O. The first-order valence-electron chi connectivity index (χ1n) is 7.27. The summed E-state index contributed by atoms with van der Waals surface area (Å²) in [7, 11) is 0. The molecule has 0 radical (unpaired) electrons. The fourth-order valence-corrected chi connectivity index (χ4v) is 3.01. The molecule has 0 spiro atoms. The Labute approximate surface area is 119 Å². The molecule has 1 saturated carbocycles. The van der Waals surface area contributed by atoms with Crippen molar-refractivity contribution < 1.29 is 4.79 Å². The minimum absolute atomic E-state index is 0.250. The molecule has 1 saturated heterocycles. The summed E-state index contributed by atoms with van der Waals surface area (Å²) in [5, 5.41) is 0. The van der Waals surface area contributed by atoms with Gasteiger partial charge in [-0.2, -0.15) is 0 Å². The summed E-state index contributed by atoms with van der Waals surface area (Å²) in [6, 6.07) is 1.81. The highest BCUT2D eigenvalue weighted by atomic mass is 16.2. The van der Waals surface area contributed by atoms with Gasteiger partial charge < -0.3 is 15.5 Å². The Morgan fingerprint density at radius 3 is 2.35 bits per heavy atom. The van der Waals surface area contributed by atoms with Gasteiger partial charge in [-0.3, -0.25) is 4.79 Å². The van der Waals surface area contributed by atoms with Crippen LogP contribution in [0.3, 0.4) is 0 Å². The van der Waals surface area contributed by atoms with E-state index >= 15 is 0 Å². The van der Waals surface area contributed by atoms with E-state index in [-0.39, 0.29) is 11.3 Å². The molecule has 0 bridgehead atoms. The molecular weight excluding hydrogens is 254 g/mol. The molecule has 2 N–H and O–H groups in total. The lowest BCUT2D eigenvalue weighted by Crippen LogP contribution is -2.57. The number of hydrogen-bond acceptors (Lipinski definition) is 5. The summed E-state index contributed by atoms with van der Waals surface area (Å²) >= 11 is 0. The van der Waals surface area contributed by atoms with E-state index in [2.05, 4.69) is 14.9 Å². The number of aromatic nitrogens is 2. The summed E-state index contributed by atoms with van der Waals surface area (Å²) in [5.41, 5.74) is 5.56. The van der Waals surface area contributed by atoms with E-state index in [9.17, 15) is 4.79 Å². The van der Waals surface area contributed by atoms with Crippen molar-refractivity contribution in [3.8, 4) is 0 Å². The predicted molar refractivity (Wildman–Crippen MR) is 76.2 cm³/mol. The Balaban J connectivity index is 1.60. The van der Waals surface area contributed by atoms with Gasteiger partial charge in [-0.05, 0) is 18.9 Å². The predicted octanol–water partition coefficient (Wildman–Crippen LogP) is 0.254. The number of nitrogens with zero attached hydrogens (tertiary/aromatic N) is 4. The first-order valence-corrected chi connectivity index (χ1v) is 7.27. The quantitative estimate of drug-likeness (QED) is 0.856. The number of carbonyl (C=O) groups excluding carboxylic acids is 1.